The number of halogens is 2. The van der Waals surface area contributed by atoms with Gasteiger partial charge >= 0.3 is 0 Å². The number of anilines is 1. The van der Waals surface area contributed by atoms with E-state index in [1.807, 2.05) is 12.1 Å². The van der Waals surface area contributed by atoms with Gasteiger partial charge in [-0.05, 0) is 50.2 Å². The number of nitrogens with one attached hydrogen (secondary N) is 3. The average molecular weight is 377 g/mol. The fraction of sp³-hybridized carbons (Fsp3) is 0.647. The highest BCUT2D eigenvalue weighted by Crippen LogP contribution is 2.25. The van der Waals surface area contributed by atoms with Crippen LogP contribution in [0.2, 0.25) is 0 Å². The van der Waals surface area contributed by atoms with Gasteiger partial charge in [-0.1, -0.05) is 13.8 Å². The molecule has 2 rings (SSSR count). The first-order valence-electron chi connectivity index (χ1n) is 8.34. The molecule has 1 amide bonds. The van der Waals surface area contributed by atoms with Crippen molar-refractivity contribution < 1.29 is 4.79 Å². The van der Waals surface area contributed by atoms with E-state index in [0.717, 1.165) is 43.8 Å². The number of pyridine rings is 1. The normalized spacial score (nSPS) is 20.0. The standard InChI is InChI=1S/C17H28N4O.2ClH/c1-13(2)7-12-19-21-16-5-3-14(4-6-16)17(22)20-15-8-10-18-11-9-15;;/h8-11,13-14,16,19,21H,3-7,12H2,1-2H3,(H,18,20,22);2*1H/t14-,16+;;. The lowest BCUT2D eigenvalue weighted by Gasteiger charge is -2.28. The molecule has 0 bridgehead atoms. The molecular formula is C17H30Cl2N4O. The molecule has 0 aliphatic heterocycles. The molecule has 0 radical (unpaired) electrons. The van der Waals surface area contributed by atoms with E-state index in [4.69, 9.17) is 0 Å². The van der Waals surface area contributed by atoms with Crippen LogP contribution in [0.5, 0.6) is 0 Å². The zero-order valence-electron chi connectivity index (χ0n) is 14.5. The summed E-state index contributed by atoms with van der Waals surface area (Å²) in [4.78, 5) is 16.2. The van der Waals surface area contributed by atoms with Crippen molar-refractivity contribution in [3.05, 3.63) is 24.5 Å². The Balaban J connectivity index is 0.00000264. The van der Waals surface area contributed by atoms with Crippen molar-refractivity contribution in [1.29, 1.82) is 0 Å². The lowest BCUT2D eigenvalue weighted by molar-refractivity contribution is -0.120. The SMILES string of the molecule is CC(C)CCNN[C@H]1CC[C@@H](C(=O)Nc2ccncc2)CC1.Cl.Cl. The van der Waals surface area contributed by atoms with Gasteiger partial charge in [0.15, 0.2) is 0 Å². The second-order valence-corrected chi connectivity index (χ2v) is 6.53. The van der Waals surface area contributed by atoms with Crippen LogP contribution in [0, 0.1) is 11.8 Å². The molecule has 5 nitrogen and oxygen atoms in total. The zero-order valence-corrected chi connectivity index (χ0v) is 16.1. The minimum absolute atomic E-state index is 0. The van der Waals surface area contributed by atoms with Gasteiger partial charge in [0.1, 0.15) is 0 Å². The van der Waals surface area contributed by atoms with Crippen molar-refractivity contribution in [2.75, 3.05) is 11.9 Å². The lowest BCUT2D eigenvalue weighted by Crippen LogP contribution is -2.44. The van der Waals surface area contributed by atoms with E-state index in [1.54, 1.807) is 12.4 Å². The summed E-state index contributed by atoms with van der Waals surface area (Å²) in [5.74, 6) is 0.987. The molecular weight excluding hydrogens is 347 g/mol. The number of amides is 1. The van der Waals surface area contributed by atoms with Crippen LogP contribution in [0.3, 0.4) is 0 Å². The molecule has 1 aromatic rings. The molecule has 24 heavy (non-hydrogen) atoms. The Bertz CT molecular complexity index is 451. The van der Waals surface area contributed by atoms with Crippen LogP contribution >= 0.6 is 24.8 Å². The van der Waals surface area contributed by atoms with Crippen molar-refractivity contribution in [1.82, 2.24) is 15.8 Å². The van der Waals surface area contributed by atoms with Gasteiger partial charge in [0.25, 0.3) is 0 Å². The first-order chi connectivity index (χ1) is 10.6. The van der Waals surface area contributed by atoms with Gasteiger partial charge < -0.3 is 5.32 Å². The summed E-state index contributed by atoms with van der Waals surface area (Å²) in [5.41, 5.74) is 7.54. The number of aromatic nitrogens is 1. The van der Waals surface area contributed by atoms with Crippen molar-refractivity contribution in [3.8, 4) is 0 Å². The summed E-state index contributed by atoms with van der Waals surface area (Å²) < 4.78 is 0. The molecule has 7 heteroatoms. The maximum absolute atomic E-state index is 12.2. The maximum Gasteiger partial charge on any atom is 0.227 e. The molecule has 0 saturated heterocycles. The third kappa shape index (κ3) is 8.29. The number of carbonyl (C=O) groups excluding carboxylic acids is 1. The Kier molecular flexibility index (Phi) is 12.0. The molecule has 0 aromatic carbocycles. The smallest absolute Gasteiger partial charge is 0.227 e. The van der Waals surface area contributed by atoms with Gasteiger partial charge in [-0.2, -0.15) is 0 Å². The predicted octanol–water partition coefficient (Wildman–Crippen LogP) is 3.56. The van der Waals surface area contributed by atoms with Crippen LogP contribution in [-0.2, 0) is 4.79 Å². The predicted molar refractivity (Wildman–Crippen MR) is 104 cm³/mol. The van der Waals surface area contributed by atoms with Crippen LogP contribution in [0.1, 0.15) is 46.0 Å². The number of hydrogen-bond acceptors (Lipinski definition) is 4. The van der Waals surface area contributed by atoms with Crippen LogP contribution in [0.4, 0.5) is 5.69 Å². The van der Waals surface area contributed by atoms with Crippen LogP contribution in [-0.4, -0.2) is 23.5 Å². The summed E-state index contributed by atoms with van der Waals surface area (Å²) in [5, 5.41) is 2.98. The Morgan fingerprint density at radius 3 is 2.38 bits per heavy atom. The third-order valence-electron chi connectivity index (χ3n) is 4.20. The topological polar surface area (TPSA) is 66.0 Å². The zero-order chi connectivity index (χ0) is 15.8. The van der Waals surface area contributed by atoms with E-state index < -0.39 is 0 Å². The minimum atomic E-state index is 0. The van der Waals surface area contributed by atoms with Gasteiger partial charge in [0.2, 0.25) is 5.91 Å². The molecule has 1 aliphatic carbocycles. The van der Waals surface area contributed by atoms with Crippen molar-refractivity contribution >= 4 is 36.4 Å². The van der Waals surface area contributed by atoms with E-state index in [2.05, 4.69) is 35.0 Å². The van der Waals surface area contributed by atoms with E-state index in [1.165, 1.54) is 6.42 Å². The highest BCUT2D eigenvalue weighted by Gasteiger charge is 2.26. The van der Waals surface area contributed by atoms with E-state index in [0.29, 0.717) is 6.04 Å². The molecule has 1 aromatic heterocycles. The molecule has 0 atom stereocenters. The van der Waals surface area contributed by atoms with Crippen molar-refractivity contribution in [2.45, 2.75) is 52.0 Å². The molecule has 1 aliphatic rings. The van der Waals surface area contributed by atoms with Gasteiger partial charge in [-0.25, -0.2) is 0 Å². The summed E-state index contributed by atoms with van der Waals surface area (Å²) in [7, 11) is 0. The van der Waals surface area contributed by atoms with Crippen LogP contribution in [0.25, 0.3) is 0 Å². The van der Waals surface area contributed by atoms with Gasteiger partial charge in [0.05, 0.1) is 0 Å². The highest BCUT2D eigenvalue weighted by molar-refractivity contribution is 5.92. The van der Waals surface area contributed by atoms with Gasteiger partial charge in [0, 0.05) is 36.6 Å². The lowest BCUT2D eigenvalue weighted by atomic mass is 9.85. The van der Waals surface area contributed by atoms with E-state index in [9.17, 15) is 4.79 Å². The Labute approximate surface area is 157 Å². The average Bonchev–Trinajstić information content (AvgIpc) is 2.53. The summed E-state index contributed by atoms with van der Waals surface area (Å²) >= 11 is 0. The van der Waals surface area contributed by atoms with Gasteiger partial charge in [-0.15, -0.1) is 24.8 Å². The fourth-order valence-corrected chi connectivity index (χ4v) is 2.76. The number of nitrogens with zero attached hydrogens (tertiary/aromatic N) is 1. The molecule has 0 spiro atoms. The van der Waals surface area contributed by atoms with Crippen molar-refractivity contribution in [2.24, 2.45) is 11.8 Å². The van der Waals surface area contributed by atoms with E-state index in [-0.39, 0.29) is 36.6 Å². The molecule has 1 heterocycles. The Hall–Kier alpha value is -0.880. The highest BCUT2D eigenvalue weighted by atomic mass is 35.5. The number of hydrogen-bond donors (Lipinski definition) is 3. The monoisotopic (exact) mass is 376 g/mol. The quantitative estimate of drug-likeness (QED) is 0.502. The van der Waals surface area contributed by atoms with Crippen molar-refractivity contribution in [3.63, 3.8) is 0 Å². The molecule has 3 N–H and O–H groups in total. The summed E-state index contributed by atoms with van der Waals surface area (Å²) in [6.45, 7) is 5.46. The fourth-order valence-electron chi connectivity index (χ4n) is 2.76. The van der Waals surface area contributed by atoms with Gasteiger partial charge in [-0.3, -0.25) is 20.6 Å². The second kappa shape index (κ2) is 12.5. The number of carbonyl (C=O) groups is 1. The first-order valence-corrected chi connectivity index (χ1v) is 8.34. The molecule has 1 saturated carbocycles. The summed E-state index contributed by atoms with van der Waals surface area (Å²) in [6, 6.07) is 4.13. The Morgan fingerprint density at radius 2 is 1.79 bits per heavy atom. The molecule has 1 fully saturated rings. The van der Waals surface area contributed by atoms with Crippen LogP contribution in [0.15, 0.2) is 24.5 Å². The van der Waals surface area contributed by atoms with Crippen LogP contribution < -0.4 is 16.2 Å². The first kappa shape index (κ1) is 23.1. The Morgan fingerprint density at radius 1 is 1.17 bits per heavy atom. The molecule has 138 valence electrons. The summed E-state index contributed by atoms with van der Waals surface area (Å²) in [6.07, 6.45) is 8.54. The maximum atomic E-state index is 12.2. The number of hydrazine groups is 1. The largest absolute Gasteiger partial charge is 0.326 e. The molecule has 0 unspecified atom stereocenters. The second-order valence-electron chi connectivity index (χ2n) is 6.53. The number of rotatable bonds is 7. The third-order valence-corrected chi connectivity index (χ3v) is 4.20. The van der Waals surface area contributed by atoms with E-state index >= 15 is 0 Å². The minimum Gasteiger partial charge on any atom is -0.326 e.